The maximum absolute atomic E-state index is 13.0. The Morgan fingerprint density at radius 2 is 1.83 bits per heavy atom. The first-order chi connectivity index (χ1) is 10.7. The maximum atomic E-state index is 13.0. The topological polar surface area (TPSA) is 54.5 Å². The highest BCUT2D eigenvalue weighted by Gasteiger charge is 2.64. The van der Waals surface area contributed by atoms with Gasteiger partial charge in [0.2, 0.25) is 15.9 Å². The predicted octanol–water partition coefficient (Wildman–Crippen LogP) is 3.02. The molecule has 0 radical (unpaired) electrons. The molecule has 1 aliphatic carbocycles. The molecule has 3 rings (SSSR count). The van der Waals surface area contributed by atoms with Crippen LogP contribution in [0.25, 0.3) is 0 Å². The highest BCUT2D eigenvalue weighted by atomic mass is 32.2. The first-order valence-corrected chi connectivity index (χ1v) is 8.84. The van der Waals surface area contributed by atoms with Gasteiger partial charge < -0.3 is 0 Å². The number of hydrogen-bond donors (Lipinski definition) is 0. The quantitative estimate of drug-likeness (QED) is 0.845. The molecule has 2 aliphatic rings. The molecule has 1 atom stereocenters. The first-order valence-electron chi connectivity index (χ1n) is 7.33. The minimum atomic E-state index is -4.47. The highest BCUT2D eigenvalue weighted by molar-refractivity contribution is 7.90. The molecule has 0 aromatic heterocycles. The van der Waals surface area contributed by atoms with Gasteiger partial charge in [-0.1, -0.05) is 30.3 Å². The number of nitrogens with zero attached hydrogens (tertiary/aromatic N) is 1. The van der Waals surface area contributed by atoms with Gasteiger partial charge in [-0.3, -0.25) is 4.79 Å². The van der Waals surface area contributed by atoms with Crippen molar-refractivity contribution >= 4 is 15.9 Å². The second-order valence-electron chi connectivity index (χ2n) is 6.15. The third kappa shape index (κ3) is 2.73. The average Bonchev–Trinajstić information content (AvgIpc) is 3.17. The molecule has 1 saturated carbocycles. The molecule has 1 saturated heterocycles. The normalized spacial score (nSPS) is 25.3. The fraction of sp³-hybridized carbons (Fsp3) is 0.533. The molecule has 1 amide bonds. The molecular weight excluding hydrogens is 331 g/mol. The van der Waals surface area contributed by atoms with E-state index in [4.69, 9.17) is 0 Å². The van der Waals surface area contributed by atoms with Crippen molar-refractivity contribution < 1.29 is 26.4 Å². The van der Waals surface area contributed by atoms with Crippen molar-refractivity contribution in [3.63, 3.8) is 0 Å². The summed E-state index contributed by atoms with van der Waals surface area (Å²) >= 11 is 0. The Kier molecular flexibility index (Phi) is 3.70. The van der Waals surface area contributed by atoms with E-state index in [1.54, 1.807) is 30.3 Å². The van der Waals surface area contributed by atoms with Crippen LogP contribution in [0.1, 0.15) is 36.5 Å². The summed E-state index contributed by atoms with van der Waals surface area (Å²) in [5, 5.41) is -0.867. The van der Waals surface area contributed by atoms with E-state index in [0.29, 0.717) is 9.87 Å². The molecule has 2 fully saturated rings. The van der Waals surface area contributed by atoms with Gasteiger partial charge in [-0.05, 0) is 24.8 Å². The minimum absolute atomic E-state index is 0.0608. The Hall–Kier alpha value is -1.57. The number of rotatable bonds is 3. The van der Waals surface area contributed by atoms with Crippen molar-refractivity contribution in [3.8, 4) is 0 Å². The van der Waals surface area contributed by atoms with Crippen molar-refractivity contribution in [1.82, 2.24) is 4.31 Å². The first kappa shape index (κ1) is 16.3. The number of carbonyl (C=O) groups is 1. The summed E-state index contributed by atoms with van der Waals surface area (Å²) in [7, 11) is -3.95. The van der Waals surface area contributed by atoms with Crippen LogP contribution in [0.3, 0.4) is 0 Å². The standard InChI is InChI=1S/C15H16F3NO3S/c16-15(17,18)14(7-8-14)10-13(20)19-9-6-12(23(19,21)22)11-4-2-1-3-5-11/h1-5,12H,6-10H2. The second-order valence-corrected chi connectivity index (χ2v) is 8.19. The molecule has 1 heterocycles. The minimum Gasteiger partial charge on any atom is -0.274 e. The van der Waals surface area contributed by atoms with Gasteiger partial charge in [0.15, 0.2) is 0 Å². The summed E-state index contributed by atoms with van der Waals surface area (Å²) in [6.07, 6.45) is -5.27. The zero-order chi connectivity index (χ0) is 16.9. The maximum Gasteiger partial charge on any atom is 0.395 e. The van der Waals surface area contributed by atoms with Crippen molar-refractivity contribution in [3.05, 3.63) is 35.9 Å². The Morgan fingerprint density at radius 3 is 2.35 bits per heavy atom. The average molecular weight is 347 g/mol. The van der Waals surface area contributed by atoms with E-state index >= 15 is 0 Å². The largest absolute Gasteiger partial charge is 0.395 e. The number of benzene rings is 1. The summed E-state index contributed by atoms with van der Waals surface area (Å²) in [6, 6.07) is 8.42. The van der Waals surface area contributed by atoms with E-state index in [1.165, 1.54) is 0 Å². The molecule has 1 aliphatic heterocycles. The highest BCUT2D eigenvalue weighted by Crippen LogP contribution is 2.60. The number of sulfonamides is 1. The lowest BCUT2D eigenvalue weighted by Gasteiger charge is -2.22. The zero-order valence-electron chi connectivity index (χ0n) is 12.2. The smallest absolute Gasteiger partial charge is 0.274 e. The van der Waals surface area contributed by atoms with Crippen LogP contribution in [0, 0.1) is 5.41 Å². The van der Waals surface area contributed by atoms with Crippen LogP contribution in [-0.4, -0.2) is 31.4 Å². The van der Waals surface area contributed by atoms with E-state index in [9.17, 15) is 26.4 Å². The number of carbonyl (C=O) groups excluding carboxylic acids is 1. The Balaban J connectivity index is 1.79. The van der Waals surface area contributed by atoms with Crippen molar-refractivity contribution in [2.24, 2.45) is 5.41 Å². The number of alkyl halides is 3. The summed E-state index contributed by atoms with van der Waals surface area (Å²) in [6.45, 7) is -0.0608. The molecule has 1 aromatic rings. The SMILES string of the molecule is O=C(CC1(C(F)(F)F)CC1)N1CCC(c2ccccc2)S1(=O)=O. The second kappa shape index (κ2) is 5.22. The van der Waals surface area contributed by atoms with Crippen LogP contribution in [0.4, 0.5) is 13.2 Å². The van der Waals surface area contributed by atoms with E-state index in [1.807, 2.05) is 0 Å². The van der Waals surface area contributed by atoms with Crippen LogP contribution < -0.4 is 0 Å². The van der Waals surface area contributed by atoms with Crippen LogP contribution in [0.2, 0.25) is 0 Å². The van der Waals surface area contributed by atoms with Gasteiger partial charge in [0, 0.05) is 13.0 Å². The molecule has 1 unspecified atom stereocenters. The van der Waals surface area contributed by atoms with Gasteiger partial charge in [0.1, 0.15) is 5.25 Å². The van der Waals surface area contributed by atoms with Crippen molar-refractivity contribution in [2.45, 2.75) is 37.1 Å². The fourth-order valence-electron chi connectivity index (χ4n) is 3.03. The number of halogens is 3. The fourth-order valence-corrected chi connectivity index (χ4v) is 4.95. The van der Waals surface area contributed by atoms with Gasteiger partial charge in [0.05, 0.1) is 5.41 Å². The molecule has 1 aromatic carbocycles. The van der Waals surface area contributed by atoms with E-state index in [0.717, 1.165) is 0 Å². The molecule has 4 nitrogen and oxygen atoms in total. The third-order valence-corrected chi connectivity index (χ3v) is 6.88. The van der Waals surface area contributed by atoms with Crippen LogP contribution in [0.15, 0.2) is 30.3 Å². The van der Waals surface area contributed by atoms with E-state index in [2.05, 4.69) is 0 Å². The van der Waals surface area contributed by atoms with E-state index in [-0.39, 0.29) is 25.8 Å². The Labute approximate surface area is 132 Å². The van der Waals surface area contributed by atoms with Crippen molar-refractivity contribution in [2.75, 3.05) is 6.54 Å². The summed E-state index contributed by atoms with van der Waals surface area (Å²) in [4.78, 5) is 12.2. The molecule has 0 spiro atoms. The van der Waals surface area contributed by atoms with Gasteiger partial charge in [0.25, 0.3) is 0 Å². The van der Waals surface area contributed by atoms with Gasteiger partial charge in [-0.2, -0.15) is 13.2 Å². The van der Waals surface area contributed by atoms with Crippen LogP contribution in [-0.2, 0) is 14.8 Å². The predicted molar refractivity (Wildman–Crippen MR) is 76.8 cm³/mol. The molecule has 23 heavy (non-hydrogen) atoms. The zero-order valence-corrected chi connectivity index (χ0v) is 13.0. The van der Waals surface area contributed by atoms with Crippen molar-refractivity contribution in [1.29, 1.82) is 0 Å². The summed E-state index contributed by atoms with van der Waals surface area (Å²) < 4.78 is 64.5. The van der Waals surface area contributed by atoms with Gasteiger partial charge in [-0.25, -0.2) is 12.7 Å². The lowest BCUT2D eigenvalue weighted by molar-refractivity contribution is -0.191. The Morgan fingerprint density at radius 1 is 1.22 bits per heavy atom. The summed E-state index contributed by atoms with van der Waals surface area (Å²) in [5.41, 5.74) is -1.47. The lowest BCUT2D eigenvalue weighted by Crippen LogP contribution is -2.37. The van der Waals surface area contributed by atoms with Crippen LogP contribution >= 0.6 is 0 Å². The third-order valence-electron chi connectivity index (χ3n) is 4.66. The molecule has 8 heteroatoms. The monoisotopic (exact) mass is 347 g/mol. The molecule has 0 N–H and O–H groups in total. The molecular formula is C15H16F3NO3S. The number of amides is 1. The number of hydrogen-bond acceptors (Lipinski definition) is 3. The van der Waals surface area contributed by atoms with Gasteiger partial charge >= 0.3 is 6.18 Å². The summed E-state index contributed by atoms with van der Waals surface area (Å²) in [5.74, 6) is -0.946. The van der Waals surface area contributed by atoms with Gasteiger partial charge in [-0.15, -0.1) is 0 Å². The van der Waals surface area contributed by atoms with E-state index < -0.39 is 39.2 Å². The molecule has 126 valence electrons. The lowest BCUT2D eigenvalue weighted by atomic mass is 10.0. The van der Waals surface area contributed by atoms with Crippen LogP contribution in [0.5, 0.6) is 0 Å². The molecule has 0 bridgehead atoms. The Bertz CT molecular complexity index is 711.